The first-order valence-electron chi connectivity index (χ1n) is 8.59. The van der Waals surface area contributed by atoms with E-state index in [0.29, 0.717) is 15.8 Å². The molecule has 0 spiro atoms. The minimum Gasteiger partial charge on any atom is -0.369 e. The van der Waals surface area contributed by atoms with Crippen molar-refractivity contribution in [1.29, 1.82) is 0 Å². The van der Waals surface area contributed by atoms with E-state index in [0.717, 1.165) is 29.4 Å². The number of anilines is 1. The van der Waals surface area contributed by atoms with Crippen LogP contribution in [0, 0.1) is 0 Å². The van der Waals surface area contributed by atoms with Crippen molar-refractivity contribution in [3.8, 4) is 0 Å². The fraction of sp³-hybridized carbons (Fsp3) is 0.400. The third-order valence-corrected chi connectivity index (χ3v) is 6.46. The van der Waals surface area contributed by atoms with Gasteiger partial charge in [-0.25, -0.2) is 0 Å². The summed E-state index contributed by atoms with van der Waals surface area (Å²) in [4.78, 5) is 28.3. The predicted molar refractivity (Wildman–Crippen MR) is 110 cm³/mol. The molecule has 0 radical (unpaired) electrons. The normalized spacial score (nSPS) is 23.6. The minimum absolute atomic E-state index is 0.0601. The largest absolute Gasteiger partial charge is 0.369 e. The highest BCUT2D eigenvalue weighted by molar-refractivity contribution is 8.18. The number of thioether (sulfide) groups is 1. The van der Waals surface area contributed by atoms with Crippen molar-refractivity contribution in [3.63, 3.8) is 0 Å². The summed E-state index contributed by atoms with van der Waals surface area (Å²) in [6, 6.07) is 4.02. The van der Waals surface area contributed by atoms with Crippen LogP contribution in [0.25, 0.3) is 6.08 Å². The van der Waals surface area contributed by atoms with Gasteiger partial charge < -0.3 is 4.90 Å². The van der Waals surface area contributed by atoms with E-state index >= 15 is 0 Å². The Morgan fingerprint density at radius 1 is 1.38 bits per heavy atom. The standard InChI is InChI=1S/C20H23ClN2O2S/c1-6-7-23-18(24)17(26-19(23)25)9-13-8-14-12(2)11-20(3,4)22(5)16(14)10-15(13)21/h6,8-10,12H,1,7,11H2,2-5H3/b17-9-/t12-/m0/s1. The van der Waals surface area contributed by atoms with Crippen molar-refractivity contribution >= 4 is 46.3 Å². The lowest BCUT2D eigenvalue weighted by molar-refractivity contribution is -0.122. The smallest absolute Gasteiger partial charge is 0.293 e. The molecule has 0 bridgehead atoms. The molecule has 6 heteroatoms. The number of hydrogen-bond acceptors (Lipinski definition) is 4. The summed E-state index contributed by atoms with van der Waals surface area (Å²) < 4.78 is 0. The lowest BCUT2D eigenvalue weighted by atomic mass is 9.80. The predicted octanol–water partition coefficient (Wildman–Crippen LogP) is 5.28. The first kappa shape index (κ1) is 19.1. The fourth-order valence-corrected chi connectivity index (χ4v) is 4.69. The second-order valence-corrected chi connectivity index (χ2v) is 8.89. The Labute approximate surface area is 163 Å². The number of imide groups is 1. The molecule has 0 saturated carbocycles. The maximum atomic E-state index is 12.4. The Morgan fingerprint density at radius 3 is 2.73 bits per heavy atom. The number of carbonyl (C=O) groups excluding carboxylic acids is 2. The summed E-state index contributed by atoms with van der Waals surface area (Å²) in [7, 11) is 2.08. The zero-order chi connectivity index (χ0) is 19.2. The zero-order valence-electron chi connectivity index (χ0n) is 15.5. The highest BCUT2D eigenvalue weighted by Gasteiger charge is 2.36. The second kappa shape index (κ2) is 6.78. The summed E-state index contributed by atoms with van der Waals surface area (Å²) in [5.41, 5.74) is 3.17. The van der Waals surface area contributed by atoms with Crippen LogP contribution >= 0.6 is 23.4 Å². The van der Waals surface area contributed by atoms with Gasteiger partial charge in [0.15, 0.2) is 0 Å². The monoisotopic (exact) mass is 390 g/mol. The molecule has 1 aromatic rings. The van der Waals surface area contributed by atoms with E-state index in [4.69, 9.17) is 11.6 Å². The maximum Gasteiger partial charge on any atom is 0.293 e. The number of fused-ring (bicyclic) bond motifs is 1. The molecule has 0 aromatic heterocycles. The molecule has 1 saturated heterocycles. The number of amides is 2. The Balaban J connectivity index is 2.01. The van der Waals surface area contributed by atoms with E-state index in [9.17, 15) is 9.59 Å². The van der Waals surface area contributed by atoms with Crippen molar-refractivity contribution < 1.29 is 9.59 Å². The van der Waals surface area contributed by atoms with Gasteiger partial charge in [-0.2, -0.15) is 0 Å². The highest BCUT2D eigenvalue weighted by atomic mass is 35.5. The number of hydrogen-bond donors (Lipinski definition) is 0. The average Bonchev–Trinajstić information content (AvgIpc) is 2.82. The van der Waals surface area contributed by atoms with E-state index < -0.39 is 0 Å². The van der Waals surface area contributed by atoms with Gasteiger partial charge in [0.25, 0.3) is 11.1 Å². The van der Waals surface area contributed by atoms with Gasteiger partial charge in [0.2, 0.25) is 0 Å². The first-order valence-corrected chi connectivity index (χ1v) is 9.78. The molecule has 2 aliphatic heterocycles. The van der Waals surface area contributed by atoms with Crippen molar-refractivity contribution in [3.05, 3.63) is 45.8 Å². The molecular formula is C20H23ClN2O2S. The van der Waals surface area contributed by atoms with Gasteiger partial charge in [-0.05, 0) is 67.3 Å². The van der Waals surface area contributed by atoms with Crippen molar-refractivity contribution in [2.75, 3.05) is 18.5 Å². The molecule has 0 unspecified atom stereocenters. The quantitative estimate of drug-likeness (QED) is 0.519. The van der Waals surface area contributed by atoms with E-state index in [1.165, 1.54) is 10.5 Å². The average molecular weight is 391 g/mol. The van der Waals surface area contributed by atoms with Crippen LogP contribution in [-0.2, 0) is 4.79 Å². The Kier molecular flexibility index (Phi) is 4.97. The van der Waals surface area contributed by atoms with Gasteiger partial charge in [0.05, 0.1) is 4.91 Å². The molecule has 0 aliphatic carbocycles. The number of rotatable bonds is 3. The van der Waals surface area contributed by atoms with Gasteiger partial charge in [-0.15, -0.1) is 6.58 Å². The molecule has 2 aliphatic rings. The van der Waals surface area contributed by atoms with Gasteiger partial charge >= 0.3 is 0 Å². The summed E-state index contributed by atoms with van der Waals surface area (Å²) >= 11 is 7.47. The summed E-state index contributed by atoms with van der Waals surface area (Å²) in [6.45, 7) is 10.5. The SMILES string of the molecule is C=CCN1C(=O)S/C(=C\c2cc3c(cc2Cl)N(C)C(C)(C)C[C@@H]3C)C1=O. The minimum atomic E-state index is -0.292. The van der Waals surface area contributed by atoms with E-state index in [1.807, 2.05) is 6.07 Å². The summed E-state index contributed by atoms with van der Waals surface area (Å²) in [5.74, 6) is 0.0939. The van der Waals surface area contributed by atoms with E-state index in [1.54, 1.807) is 12.2 Å². The summed E-state index contributed by atoms with van der Waals surface area (Å²) in [5, 5.41) is 0.307. The zero-order valence-corrected chi connectivity index (χ0v) is 17.1. The second-order valence-electron chi connectivity index (χ2n) is 7.49. The van der Waals surface area contributed by atoms with Crippen LogP contribution in [-0.4, -0.2) is 35.2 Å². The number of carbonyl (C=O) groups is 2. The lowest BCUT2D eigenvalue weighted by Crippen LogP contribution is -2.45. The molecule has 26 heavy (non-hydrogen) atoms. The molecule has 1 fully saturated rings. The highest BCUT2D eigenvalue weighted by Crippen LogP contribution is 2.45. The number of benzene rings is 1. The molecule has 1 atom stereocenters. The molecular weight excluding hydrogens is 368 g/mol. The van der Waals surface area contributed by atoms with Crippen LogP contribution in [0.5, 0.6) is 0 Å². The molecule has 4 nitrogen and oxygen atoms in total. The molecule has 138 valence electrons. The van der Waals surface area contributed by atoms with Crippen LogP contribution in [0.2, 0.25) is 5.02 Å². The Morgan fingerprint density at radius 2 is 2.08 bits per heavy atom. The van der Waals surface area contributed by atoms with Crippen LogP contribution in [0.4, 0.5) is 10.5 Å². The van der Waals surface area contributed by atoms with Gasteiger partial charge in [0.1, 0.15) is 0 Å². The first-order chi connectivity index (χ1) is 12.2. The van der Waals surface area contributed by atoms with Gasteiger partial charge in [0, 0.05) is 29.8 Å². The number of nitrogens with zero attached hydrogens (tertiary/aromatic N) is 2. The fourth-order valence-electron chi connectivity index (χ4n) is 3.64. The third-order valence-electron chi connectivity index (χ3n) is 5.22. The Hall–Kier alpha value is -1.72. The molecule has 0 N–H and O–H groups in total. The molecule has 1 aromatic carbocycles. The van der Waals surface area contributed by atoms with Crippen LogP contribution in [0.1, 0.15) is 44.2 Å². The molecule has 3 rings (SSSR count). The summed E-state index contributed by atoms with van der Waals surface area (Å²) in [6.07, 6.45) is 4.31. The van der Waals surface area contributed by atoms with Gasteiger partial charge in [-0.1, -0.05) is 24.6 Å². The topological polar surface area (TPSA) is 40.6 Å². The van der Waals surface area contributed by atoms with E-state index in [2.05, 4.69) is 45.4 Å². The van der Waals surface area contributed by atoms with Crippen molar-refractivity contribution in [2.45, 2.75) is 38.6 Å². The lowest BCUT2D eigenvalue weighted by Gasteiger charge is -2.45. The molecule has 2 heterocycles. The van der Waals surface area contributed by atoms with Crippen LogP contribution in [0.15, 0.2) is 29.7 Å². The van der Waals surface area contributed by atoms with Crippen LogP contribution < -0.4 is 4.90 Å². The molecule has 2 amide bonds. The van der Waals surface area contributed by atoms with E-state index in [-0.39, 0.29) is 23.2 Å². The maximum absolute atomic E-state index is 12.4. The van der Waals surface area contributed by atoms with Gasteiger partial charge in [-0.3, -0.25) is 14.5 Å². The number of halogens is 1. The van der Waals surface area contributed by atoms with Crippen molar-refractivity contribution in [2.24, 2.45) is 0 Å². The van der Waals surface area contributed by atoms with Crippen molar-refractivity contribution in [1.82, 2.24) is 4.90 Å². The third kappa shape index (κ3) is 3.19. The Bertz CT molecular complexity index is 831. The van der Waals surface area contributed by atoms with Crippen LogP contribution in [0.3, 0.4) is 0 Å².